The number of aryl methyl sites for hydroxylation is 1. The molecular weight excluding hydrogens is 432 g/mol. The molecule has 0 spiro atoms. The maximum absolute atomic E-state index is 12.1. The number of fused-ring (bicyclic) bond motifs is 1. The van der Waals surface area contributed by atoms with Gasteiger partial charge >= 0.3 is 0 Å². The number of hydrogen-bond donors (Lipinski definition) is 1. The van der Waals surface area contributed by atoms with Crippen LogP contribution in [0.4, 0.5) is 0 Å². The van der Waals surface area contributed by atoms with Gasteiger partial charge in [-0.15, -0.1) is 12.4 Å². The predicted octanol–water partition coefficient (Wildman–Crippen LogP) is 3.36. The molecule has 0 saturated carbocycles. The fraction of sp³-hybridized carbons (Fsp3) is 0.174. The van der Waals surface area contributed by atoms with Crippen molar-refractivity contribution in [3.8, 4) is 22.8 Å². The van der Waals surface area contributed by atoms with Gasteiger partial charge in [-0.1, -0.05) is 30.3 Å². The Balaban J connectivity index is 0.00000289. The smallest absolute Gasteiger partial charge is 0.277 e. The van der Waals surface area contributed by atoms with Gasteiger partial charge < -0.3 is 9.72 Å². The lowest BCUT2D eigenvalue weighted by Gasteiger charge is -2.17. The number of nitrogens with zero attached hydrogens (tertiary/aromatic N) is 3. The number of ether oxygens (including phenoxy) is 1. The third-order valence-corrected chi connectivity index (χ3v) is 4.78. The second kappa shape index (κ2) is 10.6. The fourth-order valence-electron chi connectivity index (χ4n) is 3.11. The summed E-state index contributed by atoms with van der Waals surface area (Å²) in [5, 5.41) is 1.22. The van der Waals surface area contributed by atoms with E-state index in [1.54, 1.807) is 19.3 Å². The molecule has 0 aromatic heterocycles. The first-order chi connectivity index (χ1) is 15.1. The monoisotopic (exact) mass is 454 g/mol. The summed E-state index contributed by atoms with van der Waals surface area (Å²) in [6, 6.07) is 17.1. The Morgan fingerprint density at radius 1 is 1.12 bits per heavy atom. The number of halogens is 1. The Bertz CT molecular complexity index is 1170. The van der Waals surface area contributed by atoms with Gasteiger partial charge in [-0.25, -0.2) is 10.0 Å². The van der Waals surface area contributed by atoms with E-state index in [1.807, 2.05) is 54.6 Å². The van der Waals surface area contributed by atoms with Crippen LogP contribution in [0.25, 0.3) is 17.1 Å². The summed E-state index contributed by atoms with van der Waals surface area (Å²) in [4.78, 5) is 36.2. The fourth-order valence-corrected chi connectivity index (χ4v) is 3.11. The average molecular weight is 455 g/mol. The van der Waals surface area contributed by atoms with Crippen LogP contribution in [0.3, 0.4) is 0 Å². The molecule has 0 atom stereocenters. The number of aromatic amines is 1. The molecule has 8 nitrogen and oxygen atoms in total. The molecule has 2 aliphatic heterocycles. The highest BCUT2D eigenvalue weighted by Crippen LogP contribution is 2.21. The van der Waals surface area contributed by atoms with Crippen molar-refractivity contribution < 1.29 is 14.4 Å². The number of rotatable bonds is 9. The summed E-state index contributed by atoms with van der Waals surface area (Å²) >= 11 is 0. The minimum atomic E-state index is -0.126. The number of hydroxylamine groups is 2. The zero-order valence-electron chi connectivity index (χ0n) is 17.4. The van der Waals surface area contributed by atoms with E-state index in [0.29, 0.717) is 43.4 Å². The number of aromatic nitrogens is 3. The summed E-state index contributed by atoms with van der Waals surface area (Å²) < 4.78 is 7.24. The number of carbonyl (C=O) groups excluding carboxylic acids is 1. The highest BCUT2D eigenvalue weighted by atomic mass is 35.5. The molecule has 1 amide bonds. The molecule has 2 aromatic carbocycles. The third-order valence-electron chi connectivity index (χ3n) is 4.78. The minimum Gasteiger partial charge on any atom is -0.492 e. The Labute approximate surface area is 191 Å². The van der Waals surface area contributed by atoms with Gasteiger partial charge in [0.05, 0.1) is 12.2 Å². The van der Waals surface area contributed by atoms with Crippen LogP contribution in [-0.2, 0) is 16.2 Å². The van der Waals surface area contributed by atoms with Crippen LogP contribution in [0.2, 0.25) is 0 Å². The lowest BCUT2D eigenvalue weighted by atomic mass is 10.1. The Morgan fingerprint density at radius 3 is 2.59 bits per heavy atom. The molecule has 2 aliphatic rings. The molecule has 0 bridgehead atoms. The van der Waals surface area contributed by atoms with Crippen molar-refractivity contribution in [2.24, 2.45) is 0 Å². The van der Waals surface area contributed by atoms with Gasteiger partial charge in [-0.2, -0.15) is 0 Å². The molecule has 0 unspecified atom stereocenters. The molecule has 0 aliphatic carbocycles. The third kappa shape index (κ3) is 5.35. The molecule has 0 radical (unpaired) electrons. The van der Waals surface area contributed by atoms with E-state index in [1.165, 1.54) is 9.63 Å². The van der Waals surface area contributed by atoms with Crippen LogP contribution in [-0.4, -0.2) is 39.2 Å². The van der Waals surface area contributed by atoms with Gasteiger partial charge in [0.1, 0.15) is 24.7 Å². The van der Waals surface area contributed by atoms with Gasteiger partial charge in [-0.05, 0) is 42.3 Å². The summed E-state index contributed by atoms with van der Waals surface area (Å²) in [6.45, 7) is 2.60. The van der Waals surface area contributed by atoms with Crippen molar-refractivity contribution in [3.63, 3.8) is 0 Å². The molecular formula is C23H23ClN4O4. The normalized spacial score (nSPS) is 10.5. The number of imidazole rings is 1. The van der Waals surface area contributed by atoms with Crippen molar-refractivity contribution in [1.29, 1.82) is 0 Å². The van der Waals surface area contributed by atoms with E-state index in [0.717, 1.165) is 16.8 Å². The standard InChI is InChI=1S/C23H22N4O4.ClH/c1-17-23(29)27-14-21(24-13-22(27)25-17)19-7-9-20(10-8-19)30-12-11-26(16-28)31-15-18-5-3-2-4-6-18;/h2-10,13-14,16,24H,11-12,15H2,1H3;1H. The Morgan fingerprint density at radius 2 is 1.88 bits per heavy atom. The van der Waals surface area contributed by atoms with Crippen molar-refractivity contribution in [2.45, 2.75) is 13.5 Å². The number of carbonyl (C=O) groups is 1. The summed E-state index contributed by atoms with van der Waals surface area (Å²) in [5.41, 5.74) is 3.01. The number of nitrogens with one attached hydrogen (secondary N) is 1. The number of amides is 1. The molecule has 0 fully saturated rings. The number of hydrogen-bond acceptors (Lipinski definition) is 5. The molecule has 4 rings (SSSR count). The topological polar surface area (TPSA) is 89.4 Å². The molecule has 32 heavy (non-hydrogen) atoms. The zero-order chi connectivity index (χ0) is 21.6. The first-order valence-electron chi connectivity index (χ1n) is 9.83. The first kappa shape index (κ1) is 23.1. The van der Waals surface area contributed by atoms with E-state index in [-0.39, 0.29) is 18.0 Å². The second-order valence-electron chi connectivity index (χ2n) is 6.94. The molecule has 2 aromatic rings. The van der Waals surface area contributed by atoms with Gasteiger partial charge in [0.15, 0.2) is 5.82 Å². The molecule has 9 heteroatoms. The van der Waals surface area contributed by atoms with Crippen molar-refractivity contribution >= 4 is 18.8 Å². The van der Waals surface area contributed by atoms with E-state index >= 15 is 0 Å². The number of H-pyrrole nitrogens is 1. The number of benzene rings is 2. The quantitative estimate of drug-likeness (QED) is 0.309. The minimum absolute atomic E-state index is 0. The average Bonchev–Trinajstić information content (AvgIpc) is 3.10. The van der Waals surface area contributed by atoms with Gasteiger partial charge in [0, 0.05) is 12.4 Å². The SMILES string of the molecule is Cc1nc2c[nH]c(-c3ccc(OCCN(C=O)OCc4ccccc4)cc3)cn-2c1=O.Cl. The lowest BCUT2D eigenvalue weighted by Crippen LogP contribution is -2.27. The molecule has 166 valence electrons. The van der Waals surface area contributed by atoms with Gasteiger partial charge in [-0.3, -0.25) is 19.0 Å². The van der Waals surface area contributed by atoms with E-state index in [9.17, 15) is 9.59 Å². The lowest BCUT2D eigenvalue weighted by molar-refractivity contribution is -0.179. The largest absolute Gasteiger partial charge is 0.492 e. The van der Waals surface area contributed by atoms with Crippen LogP contribution < -0.4 is 10.3 Å². The van der Waals surface area contributed by atoms with Gasteiger partial charge in [0.2, 0.25) is 6.41 Å². The molecule has 1 N–H and O–H groups in total. The van der Waals surface area contributed by atoms with E-state index in [4.69, 9.17) is 9.57 Å². The van der Waals surface area contributed by atoms with Crippen LogP contribution >= 0.6 is 12.4 Å². The second-order valence-corrected chi connectivity index (χ2v) is 6.94. The van der Waals surface area contributed by atoms with Gasteiger partial charge in [0.25, 0.3) is 5.56 Å². The highest BCUT2D eigenvalue weighted by Gasteiger charge is 2.12. The van der Waals surface area contributed by atoms with Crippen molar-refractivity contribution in [1.82, 2.24) is 19.6 Å². The van der Waals surface area contributed by atoms with Crippen LogP contribution in [0, 0.1) is 6.92 Å². The Hall–Kier alpha value is -3.62. The maximum atomic E-state index is 12.1. The predicted molar refractivity (Wildman–Crippen MR) is 122 cm³/mol. The van der Waals surface area contributed by atoms with Crippen molar-refractivity contribution in [3.05, 3.63) is 88.6 Å². The van der Waals surface area contributed by atoms with Crippen LogP contribution in [0.1, 0.15) is 11.3 Å². The zero-order valence-corrected chi connectivity index (χ0v) is 18.2. The summed E-state index contributed by atoms with van der Waals surface area (Å²) in [5.74, 6) is 1.25. The molecule has 0 saturated heterocycles. The summed E-state index contributed by atoms with van der Waals surface area (Å²) in [6.07, 6.45) is 4.08. The molecule has 2 heterocycles. The van der Waals surface area contributed by atoms with Crippen molar-refractivity contribution in [2.75, 3.05) is 13.2 Å². The van der Waals surface area contributed by atoms with E-state index in [2.05, 4.69) is 9.97 Å². The van der Waals surface area contributed by atoms with Crippen LogP contribution in [0.5, 0.6) is 5.75 Å². The summed E-state index contributed by atoms with van der Waals surface area (Å²) in [7, 11) is 0. The maximum Gasteiger partial charge on any atom is 0.277 e. The first-order valence-corrected chi connectivity index (χ1v) is 9.83. The van der Waals surface area contributed by atoms with E-state index < -0.39 is 0 Å². The Kier molecular flexibility index (Phi) is 7.64. The highest BCUT2D eigenvalue weighted by molar-refractivity contribution is 5.85. The van der Waals surface area contributed by atoms with Crippen LogP contribution in [0.15, 0.2) is 71.8 Å².